The minimum atomic E-state index is -0.141. The molecule has 0 fully saturated rings. The maximum atomic E-state index is 12.8. The van der Waals surface area contributed by atoms with Gasteiger partial charge in [-0.1, -0.05) is 35.9 Å². The third kappa shape index (κ3) is 5.79. The summed E-state index contributed by atoms with van der Waals surface area (Å²) in [6.07, 6.45) is 1.33. The van der Waals surface area contributed by atoms with E-state index in [4.69, 9.17) is 16.6 Å². The molecule has 7 heteroatoms. The average Bonchev–Trinajstić information content (AvgIpc) is 3.14. The number of hydrogen-bond acceptors (Lipinski definition) is 3. The van der Waals surface area contributed by atoms with Crippen molar-refractivity contribution in [1.82, 2.24) is 14.9 Å². The number of halogens is 1. The lowest BCUT2D eigenvalue weighted by molar-refractivity contribution is -0.116. The third-order valence-electron chi connectivity index (χ3n) is 5.31. The summed E-state index contributed by atoms with van der Waals surface area (Å²) >= 11 is 5.88. The summed E-state index contributed by atoms with van der Waals surface area (Å²) in [4.78, 5) is 29.8. The molecule has 33 heavy (non-hydrogen) atoms. The Bertz CT molecular complexity index is 1280. The highest BCUT2D eigenvalue weighted by atomic mass is 35.5. The van der Waals surface area contributed by atoms with Crippen LogP contribution in [-0.2, 0) is 17.8 Å². The van der Waals surface area contributed by atoms with Crippen LogP contribution in [0.25, 0.3) is 11.0 Å². The first kappa shape index (κ1) is 22.6. The Hall–Kier alpha value is -3.64. The van der Waals surface area contributed by atoms with E-state index in [1.165, 1.54) is 0 Å². The molecule has 0 spiro atoms. The SMILES string of the molecule is Cc1cccc(NC(=O)Cn2c(CCCNC(=O)c3ccc(Cl)cc3)nc3ccccc32)c1. The number of aryl methyl sites for hydroxylation is 2. The first-order chi connectivity index (χ1) is 16.0. The maximum absolute atomic E-state index is 12.8. The van der Waals surface area contributed by atoms with Gasteiger partial charge in [-0.2, -0.15) is 0 Å². The van der Waals surface area contributed by atoms with Gasteiger partial charge in [-0.3, -0.25) is 9.59 Å². The number of carbonyl (C=O) groups excluding carboxylic acids is 2. The number of anilines is 1. The van der Waals surface area contributed by atoms with Gasteiger partial charge >= 0.3 is 0 Å². The number of fused-ring (bicyclic) bond motifs is 1. The van der Waals surface area contributed by atoms with Gasteiger partial charge in [0, 0.05) is 29.2 Å². The van der Waals surface area contributed by atoms with Crippen molar-refractivity contribution in [3.63, 3.8) is 0 Å². The Labute approximate surface area is 197 Å². The summed E-state index contributed by atoms with van der Waals surface area (Å²) in [6, 6.07) is 22.3. The van der Waals surface area contributed by atoms with Gasteiger partial charge in [-0.15, -0.1) is 0 Å². The van der Waals surface area contributed by atoms with E-state index in [-0.39, 0.29) is 18.4 Å². The van der Waals surface area contributed by atoms with Crippen LogP contribution in [0.4, 0.5) is 5.69 Å². The van der Waals surface area contributed by atoms with Crippen LogP contribution in [0.15, 0.2) is 72.8 Å². The second-order valence-corrected chi connectivity index (χ2v) is 8.32. The van der Waals surface area contributed by atoms with Crippen molar-refractivity contribution in [1.29, 1.82) is 0 Å². The van der Waals surface area contributed by atoms with E-state index in [1.807, 2.05) is 60.0 Å². The van der Waals surface area contributed by atoms with E-state index in [0.717, 1.165) is 28.1 Å². The largest absolute Gasteiger partial charge is 0.352 e. The molecule has 2 amide bonds. The molecule has 0 aliphatic carbocycles. The number of rotatable bonds is 8. The van der Waals surface area contributed by atoms with Gasteiger partial charge in [0.15, 0.2) is 0 Å². The smallest absolute Gasteiger partial charge is 0.251 e. The Morgan fingerprint density at radius 3 is 2.58 bits per heavy atom. The zero-order valence-electron chi connectivity index (χ0n) is 18.3. The molecule has 1 aromatic heterocycles. The highest BCUT2D eigenvalue weighted by Crippen LogP contribution is 2.18. The lowest BCUT2D eigenvalue weighted by Gasteiger charge is -2.11. The number of imidazole rings is 1. The summed E-state index contributed by atoms with van der Waals surface area (Å²) in [5, 5.41) is 6.48. The standard InChI is InChI=1S/C26H25ClN4O2/c1-18-6-4-7-21(16-18)29-25(32)17-31-23-9-3-2-8-22(23)30-24(31)10-5-15-28-26(33)19-11-13-20(27)14-12-19/h2-4,6-9,11-14,16H,5,10,15,17H2,1H3,(H,28,33)(H,29,32). The van der Waals surface area contributed by atoms with Crippen molar-refractivity contribution in [2.45, 2.75) is 26.3 Å². The molecule has 168 valence electrons. The Balaban J connectivity index is 1.41. The van der Waals surface area contributed by atoms with Gasteiger partial charge in [-0.05, 0) is 67.4 Å². The minimum Gasteiger partial charge on any atom is -0.352 e. The predicted molar refractivity (Wildman–Crippen MR) is 132 cm³/mol. The van der Waals surface area contributed by atoms with Gasteiger partial charge in [0.1, 0.15) is 12.4 Å². The minimum absolute atomic E-state index is 0.110. The summed E-state index contributed by atoms with van der Waals surface area (Å²) in [5.41, 5.74) is 4.19. The summed E-state index contributed by atoms with van der Waals surface area (Å²) in [6.45, 7) is 2.66. The lowest BCUT2D eigenvalue weighted by Crippen LogP contribution is -2.25. The fraction of sp³-hybridized carbons (Fsp3) is 0.192. The van der Waals surface area contributed by atoms with Crippen molar-refractivity contribution >= 4 is 40.1 Å². The molecule has 0 bridgehead atoms. The van der Waals surface area contributed by atoms with E-state index in [1.54, 1.807) is 24.3 Å². The number of amides is 2. The van der Waals surface area contributed by atoms with Gasteiger partial charge in [0.05, 0.1) is 11.0 Å². The van der Waals surface area contributed by atoms with E-state index in [9.17, 15) is 9.59 Å². The molecule has 0 radical (unpaired) electrons. The highest BCUT2D eigenvalue weighted by Gasteiger charge is 2.14. The predicted octanol–water partition coefficient (Wildman–Crippen LogP) is 5.00. The van der Waals surface area contributed by atoms with Crippen molar-refractivity contribution in [3.8, 4) is 0 Å². The lowest BCUT2D eigenvalue weighted by atomic mass is 10.2. The highest BCUT2D eigenvalue weighted by molar-refractivity contribution is 6.30. The average molecular weight is 461 g/mol. The summed E-state index contributed by atoms with van der Waals surface area (Å²) < 4.78 is 1.95. The van der Waals surface area contributed by atoms with Gasteiger partial charge in [0.2, 0.25) is 5.91 Å². The van der Waals surface area contributed by atoms with E-state index < -0.39 is 0 Å². The summed E-state index contributed by atoms with van der Waals surface area (Å²) in [5.74, 6) is 0.565. The molecule has 0 saturated carbocycles. The zero-order chi connectivity index (χ0) is 23.2. The zero-order valence-corrected chi connectivity index (χ0v) is 19.1. The Morgan fingerprint density at radius 2 is 1.79 bits per heavy atom. The first-order valence-corrected chi connectivity index (χ1v) is 11.2. The fourth-order valence-corrected chi connectivity index (χ4v) is 3.84. The first-order valence-electron chi connectivity index (χ1n) is 10.8. The van der Waals surface area contributed by atoms with E-state index in [2.05, 4.69) is 10.6 Å². The molecule has 2 N–H and O–H groups in total. The van der Waals surface area contributed by atoms with Gasteiger partial charge in [-0.25, -0.2) is 4.98 Å². The second kappa shape index (κ2) is 10.3. The van der Waals surface area contributed by atoms with Crippen LogP contribution in [0.2, 0.25) is 5.02 Å². The number of nitrogens with zero attached hydrogens (tertiary/aromatic N) is 2. The number of carbonyl (C=O) groups is 2. The van der Waals surface area contributed by atoms with Gasteiger partial charge in [0.25, 0.3) is 5.91 Å². The number of nitrogens with one attached hydrogen (secondary N) is 2. The Kier molecular flexibility index (Phi) is 7.05. The van der Waals surface area contributed by atoms with Gasteiger partial charge < -0.3 is 15.2 Å². The molecule has 6 nitrogen and oxygen atoms in total. The third-order valence-corrected chi connectivity index (χ3v) is 5.56. The normalized spacial score (nSPS) is 10.8. The van der Waals surface area contributed by atoms with Crippen LogP contribution >= 0.6 is 11.6 Å². The molecule has 0 atom stereocenters. The van der Waals surface area contributed by atoms with Crippen LogP contribution in [0.1, 0.15) is 28.2 Å². The molecule has 3 aromatic carbocycles. The van der Waals surface area contributed by atoms with Crippen LogP contribution in [0, 0.1) is 6.92 Å². The summed E-state index contributed by atoms with van der Waals surface area (Å²) in [7, 11) is 0. The van der Waals surface area contributed by atoms with Crippen molar-refractivity contribution in [2.75, 3.05) is 11.9 Å². The Morgan fingerprint density at radius 1 is 1.00 bits per heavy atom. The molecule has 4 rings (SSSR count). The van der Waals surface area contributed by atoms with Crippen LogP contribution < -0.4 is 10.6 Å². The fourth-order valence-electron chi connectivity index (χ4n) is 3.71. The van der Waals surface area contributed by atoms with Crippen molar-refractivity contribution in [3.05, 3.63) is 94.8 Å². The molecular formula is C26H25ClN4O2. The van der Waals surface area contributed by atoms with E-state index >= 15 is 0 Å². The molecule has 0 saturated heterocycles. The van der Waals surface area contributed by atoms with Crippen LogP contribution in [0.5, 0.6) is 0 Å². The molecule has 1 heterocycles. The number of benzene rings is 3. The van der Waals surface area contributed by atoms with Crippen molar-refractivity contribution < 1.29 is 9.59 Å². The number of para-hydroxylation sites is 2. The van der Waals surface area contributed by atoms with Crippen LogP contribution in [-0.4, -0.2) is 27.9 Å². The van der Waals surface area contributed by atoms with Crippen LogP contribution in [0.3, 0.4) is 0 Å². The number of hydrogen-bond donors (Lipinski definition) is 2. The molecule has 4 aromatic rings. The van der Waals surface area contributed by atoms with E-state index in [0.29, 0.717) is 30.0 Å². The molecule has 0 aliphatic rings. The monoisotopic (exact) mass is 460 g/mol. The maximum Gasteiger partial charge on any atom is 0.251 e. The molecule has 0 unspecified atom stereocenters. The molecule has 0 aliphatic heterocycles. The topological polar surface area (TPSA) is 76.0 Å². The second-order valence-electron chi connectivity index (χ2n) is 7.89. The van der Waals surface area contributed by atoms with Crippen molar-refractivity contribution in [2.24, 2.45) is 0 Å². The quantitative estimate of drug-likeness (QED) is 0.363. The number of aromatic nitrogens is 2. The molecular weight excluding hydrogens is 436 g/mol.